The summed E-state index contributed by atoms with van der Waals surface area (Å²) in [6.45, 7) is 8.68. The predicted octanol–water partition coefficient (Wildman–Crippen LogP) is 3.31. The Balaban J connectivity index is 2.13. The number of nitrogens with zero attached hydrogens (tertiary/aromatic N) is 2. The van der Waals surface area contributed by atoms with Crippen molar-refractivity contribution in [3.05, 3.63) is 17.5 Å². The second kappa shape index (κ2) is 6.37. The quantitative estimate of drug-likeness (QED) is 0.766. The summed E-state index contributed by atoms with van der Waals surface area (Å²) in [4.78, 5) is 0. The van der Waals surface area contributed by atoms with E-state index in [0.717, 1.165) is 25.4 Å². The Bertz CT molecular complexity index is 366. The van der Waals surface area contributed by atoms with Crippen molar-refractivity contribution >= 4 is 0 Å². The van der Waals surface area contributed by atoms with Crippen LogP contribution in [0.15, 0.2) is 6.07 Å². The maximum atomic E-state index is 4.68. The van der Waals surface area contributed by atoms with Crippen LogP contribution in [0, 0.1) is 5.92 Å². The number of hydrogen-bond acceptors (Lipinski definition) is 2. The van der Waals surface area contributed by atoms with Crippen molar-refractivity contribution in [2.45, 2.75) is 65.5 Å². The first kappa shape index (κ1) is 13.6. The van der Waals surface area contributed by atoms with E-state index in [1.165, 1.54) is 37.1 Å². The van der Waals surface area contributed by atoms with Crippen molar-refractivity contribution in [3.8, 4) is 0 Å². The molecular weight excluding hydrogens is 222 g/mol. The minimum absolute atomic E-state index is 0.505. The van der Waals surface area contributed by atoms with Gasteiger partial charge in [0.05, 0.1) is 11.4 Å². The normalized spacial score (nSPS) is 17.1. The molecule has 1 atom stereocenters. The number of aryl methyl sites for hydroxylation is 2. The third kappa shape index (κ3) is 3.35. The van der Waals surface area contributed by atoms with E-state index in [-0.39, 0.29) is 0 Å². The third-order valence-electron chi connectivity index (χ3n) is 3.79. The van der Waals surface area contributed by atoms with E-state index < -0.39 is 0 Å². The van der Waals surface area contributed by atoms with Crippen LogP contribution >= 0.6 is 0 Å². The monoisotopic (exact) mass is 249 g/mol. The molecule has 1 aliphatic rings. The molecule has 1 aliphatic carbocycles. The van der Waals surface area contributed by atoms with Crippen LogP contribution in [0.5, 0.6) is 0 Å². The van der Waals surface area contributed by atoms with Crippen LogP contribution in [0.1, 0.15) is 63.9 Å². The number of aromatic nitrogens is 2. The summed E-state index contributed by atoms with van der Waals surface area (Å²) >= 11 is 0. The molecule has 0 aliphatic heterocycles. The van der Waals surface area contributed by atoms with Gasteiger partial charge in [-0.15, -0.1) is 0 Å². The lowest BCUT2D eigenvalue weighted by atomic mass is 10.1. The van der Waals surface area contributed by atoms with Gasteiger partial charge in [0, 0.05) is 12.6 Å². The molecule has 1 aromatic heterocycles. The second-order valence-electron chi connectivity index (χ2n) is 5.42. The van der Waals surface area contributed by atoms with E-state index in [4.69, 9.17) is 0 Å². The average molecular weight is 249 g/mol. The van der Waals surface area contributed by atoms with Crippen molar-refractivity contribution < 1.29 is 0 Å². The van der Waals surface area contributed by atoms with Gasteiger partial charge in [0.2, 0.25) is 0 Å². The molecule has 102 valence electrons. The molecule has 1 saturated carbocycles. The summed E-state index contributed by atoms with van der Waals surface area (Å²) in [6, 6.07) is 2.81. The zero-order chi connectivity index (χ0) is 13.0. The average Bonchev–Trinajstić information content (AvgIpc) is 3.11. The van der Waals surface area contributed by atoms with Crippen LogP contribution in [0.4, 0.5) is 0 Å². The standard InChI is InChI=1S/C15H27N3/c1-4-9-16-14(10-12-7-8-12)15-11-13(5-2)17-18(15)6-3/h11-12,14,16H,4-10H2,1-3H3. The molecule has 18 heavy (non-hydrogen) atoms. The minimum atomic E-state index is 0.505. The van der Waals surface area contributed by atoms with Crippen LogP contribution in [-0.2, 0) is 13.0 Å². The second-order valence-corrected chi connectivity index (χ2v) is 5.42. The fraction of sp³-hybridized carbons (Fsp3) is 0.800. The van der Waals surface area contributed by atoms with Gasteiger partial charge in [0.25, 0.3) is 0 Å². The zero-order valence-corrected chi connectivity index (χ0v) is 12.1. The molecule has 0 bridgehead atoms. The van der Waals surface area contributed by atoms with E-state index in [1.54, 1.807) is 0 Å². The van der Waals surface area contributed by atoms with Crippen molar-refractivity contribution in [1.29, 1.82) is 0 Å². The molecule has 0 aromatic carbocycles. The zero-order valence-electron chi connectivity index (χ0n) is 12.1. The highest BCUT2D eigenvalue weighted by molar-refractivity contribution is 5.15. The minimum Gasteiger partial charge on any atom is -0.309 e. The Kier molecular flexibility index (Phi) is 4.81. The summed E-state index contributed by atoms with van der Waals surface area (Å²) in [5.74, 6) is 0.949. The first-order valence-electron chi connectivity index (χ1n) is 7.58. The summed E-state index contributed by atoms with van der Waals surface area (Å²) in [5.41, 5.74) is 2.63. The van der Waals surface area contributed by atoms with Gasteiger partial charge in [-0.3, -0.25) is 4.68 Å². The molecule has 1 aromatic rings. The van der Waals surface area contributed by atoms with Gasteiger partial charge < -0.3 is 5.32 Å². The van der Waals surface area contributed by atoms with Gasteiger partial charge >= 0.3 is 0 Å². The van der Waals surface area contributed by atoms with E-state index >= 15 is 0 Å². The van der Waals surface area contributed by atoms with E-state index in [2.05, 4.69) is 41.9 Å². The van der Waals surface area contributed by atoms with Crippen molar-refractivity contribution in [2.75, 3.05) is 6.54 Å². The fourth-order valence-corrected chi connectivity index (χ4v) is 2.51. The van der Waals surface area contributed by atoms with Crippen LogP contribution in [-0.4, -0.2) is 16.3 Å². The van der Waals surface area contributed by atoms with E-state index in [0.29, 0.717) is 6.04 Å². The molecule has 0 amide bonds. The SMILES string of the molecule is CCCNC(CC1CC1)c1cc(CC)nn1CC. The molecule has 1 heterocycles. The van der Waals surface area contributed by atoms with E-state index in [9.17, 15) is 0 Å². The molecule has 1 N–H and O–H groups in total. The molecule has 0 spiro atoms. The van der Waals surface area contributed by atoms with Gasteiger partial charge in [-0.1, -0.05) is 26.7 Å². The number of hydrogen-bond donors (Lipinski definition) is 1. The smallest absolute Gasteiger partial charge is 0.0625 e. The van der Waals surface area contributed by atoms with Crippen LogP contribution in [0.2, 0.25) is 0 Å². The Hall–Kier alpha value is -0.830. The highest BCUT2D eigenvalue weighted by Crippen LogP contribution is 2.37. The lowest BCUT2D eigenvalue weighted by Gasteiger charge is -2.19. The van der Waals surface area contributed by atoms with Crippen LogP contribution < -0.4 is 5.32 Å². The van der Waals surface area contributed by atoms with Gasteiger partial charge in [-0.2, -0.15) is 5.10 Å². The summed E-state index contributed by atoms with van der Waals surface area (Å²) in [7, 11) is 0. The largest absolute Gasteiger partial charge is 0.309 e. The van der Waals surface area contributed by atoms with Crippen LogP contribution in [0.3, 0.4) is 0 Å². The van der Waals surface area contributed by atoms with Gasteiger partial charge in [0.1, 0.15) is 0 Å². The Morgan fingerprint density at radius 3 is 2.72 bits per heavy atom. The van der Waals surface area contributed by atoms with Gasteiger partial charge in [-0.25, -0.2) is 0 Å². The molecule has 1 unspecified atom stereocenters. The molecule has 2 rings (SSSR count). The maximum absolute atomic E-state index is 4.68. The highest BCUT2D eigenvalue weighted by Gasteiger charge is 2.27. The molecule has 0 saturated heterocycles. The number of nitrogens with one attached hydrogen (secondary N) is 1. The summed E-state index contributed by atoms with van der Waals surface area (Å²) in [5, 5.41) is 8.39. The Labute approximate surface area is 111 Å². The van der Waals surface area contributed by atoms with Crippen molar-refractivity contribution in [1.82, 2.24) is 15.1 Å². The fourth-order valence-electron chi connectivity index (χ4n) is 2.51. The molecule has 3 heteroatoms. The summed E-state index contributed by atoms with van der Waals surface area (Å²) in [6.07, 6.45) is 6.36. The van der Waals surface area contributed by atoms with E-state index in [1.807, 2.05) is 0 Å². The molecule has 0 radical (unpaired) electrons. The Morgan fingerprint density at radius 2 is 2.17 bits per heavy atom. The lowest BCUT2D eigenvalue weighted by Crippen LogP contribution is -2.25. The van der Waals surface area contributed by atoms with Gasteiger partial charge in [0.15, 0.2) is 0 Å². The predicted molar refractivity (Wildman–Crippen MR) is 75.7 cm³/mol. The van der Waals surface area contributed by atoms with Crippen molar-refractivity contribution in [3.63, 3.8) is 0 Å². The molecular formula is C15H27N3. The highest BCUT2D eigenvalue weighted by atomic mass is 15.3. The Morgan fingerprint density at radius 1 is 1.39 bits per heavy atom. The topological polar surface area (TPSA) is 29.9 Å². The molecule has 3 nitrogen and oxygen atoms in total. The first-order chi connectivity index (χ1) is 8.78. The first-order valence-corrected chi connectivity index (χ1v) is 7.58. The maximum Gasteiger partial charge on any atom is 0.0625 e. The van der Waals surface area contributed by atoms with Gasteiger partial charge in [-0.05, 0) is 44.7 Å². The lowest BCUT2D eigenvalue weighted by molar-refractivity contribution is 0.437. The number of rotatable bonds is 8. The third-order valence-corrected chi connectivity index (χ3v) is 3.79. The molecule has 1 fully saturated rings. The van der Waals surface area contributed by atoms with Crippen LogP contribution in [0.25, 0.3) is 0 Å². The van der Waals surface area contributed by atoms with Crippen molar-refractivity contribution in [2.24, 2.45) is 5.92 Å². The summed E-state index contributed by atoms with van der Waals surface area (Å²) < 4.78 is 2.19.